The average Bonchev–Trinajstić information content (AvgIpc) is 2.84. The van der Waals surface area contributed by atoms with Crippen molar-refractivity contribution in [2.75, 3.05) is 39.5 Å². The van der Waals surface area contributed by atoms with E-state index in [4.69, 9.17) is 25.8 Å². The van der Waals surface area contributed by atoms with Crippen molar-refractivity contribution in [3.63, 3.8) is 0 Å². The highest BCUT2D eigenvalue weighted by atomic mass is 79.9. The number of ether oxygens (including phenoxy) is 3. The predicted molar refractivity (Wildman–Crippen MR) is 137 cm³/mol. The van der Waals surface area contributed by atoms with Crippen LogP contribution in [0.1, 0.15) is 18.3 Å². The van der Waals surface area contributed by atoms with Crippen LogP contribution in [0, 0.1) is 6.92 Å². The van der Waals surface area contributed by atoms with Crippen LogP contribution in [0.2, 0.25) is 5.02 Å². The fraction of sp³-hybridized carbons (Fsp3) is 0.333. The molecule has 2 heterocycles. The van der Waals surface area contributed by atoms with Crippen molar-refractivity contribution in [2.24, 2.45) is 5.10 Å². The third-order valence-electron chi connectivity index (χ3n) is 5.33. The molecule has 11 heteroatoms. The Balaban J connectivity index is 1.59. The molecule has 0 N–H and O–H groups in total. The zero-order valence-corrected chi connectivity index (χ0v) is 21.6. The summed E-state index contributed by atoms with van der Waals surface area (Å²) in [4.78, 5) is 31.6. The molecule has 2 aromatic carbocycles. The molecular formula is C24H24BrClN4O5. The van der Waals surface area contributed by atoms with Crippen molar-refractivity contribution in [3.8, 4) is 11.5 Å². The van der Waals surface area contributed by atoms with Crippen LogP contribution in [0.3, 0.4) is 0 Å². The summed E-state index contributed by atoms with van der Waals surface area (Å²) in [5.41, 5.74) is 0.894. The highest BCUT2D eigenvalue weighted by Crippen LogP contribution is 2.36. The molecule has 1 aliphatic heterocycles. The molecule has 0 spiro atoms. The molecule has 1 aliphatic rings. The highest BCUT2D eigenvalue weighted by molar-refractivity contribution is 9.10. The van der Waals surface area contributed by atoms with Crippen molar-refractivity contribution >= 4 is 50.6 Å². The van der Waals surface area contributed by atoms with E-state index >= 15 is 0 Å². The van der Waals surface area contributed by atoms with E-state index in [9.17, 15) is 9.59 Å². The van der Waals surface area contributed by atoms with Gasteiger partial charge < -0.3 is 19.1 Å². The van der Waals surface area contributed by atoms with Crippen LogP contribution < -0.4 is 15.0 Å². The number of aryl methyl sites for hydroxylation is 1. The summed E-state index contributed by atoms with van der Waals surface area (Å²) in [6, 6.07) is 8.65. The smallest absolute Gasteiger partial charge is 0.282 e. The first-order valence-corrected chi connectivity index (χ1v) is 12.2. The molecule has 184 valence electrons. The van der Waals surface area contributed by atoms with Gasteiger partial charge in [-0.05, 0) is 49.7 Å². The third kappa shape index (κ3) is 5.83. The number of carbonyl (C=O) groups is 1. The topological polar surface area (TPSA) is 95.2 Å². The van der Waals surface area contributed by atoms with E-state index in [2.05, 4.69) is 26.0 Å². The quantitative estimate of drug-likeness (QED) is 0.408. The van der Waals surface area contributed by atoms with Gasteiger partial charge in [0.1, 0.15) is 5.82 Å². The lowest BCUT2D eigenvalue weighted by atomic mass is 10.2. The Hall–Kier alpha value is -2.95. The van der Waals surface area contributed by atoms with Gasteiger partial charge in [0.25, 0.3) is 11.5 Å². The third-order valence-corrected chi connectivity index (χ3v) is 6.10. The number of hydrogen-bond acceptors (Lipinski definition) is 7. The van der Waals surface area contributed by atoms with Crippen LogP contribution in [-0.2, 0) is 9.53 Å². The van der Waals surface area contributed by atoms with E-state index in [1.807, 2.05) is 13.0 Å². The number of fused-ring (bicyclic) bond motifs is 1. The maximum Gasteiger partial charge on any atom is 0.282 e. The second-order valence-electron chi connectivity index (χ2n) is 7.73. The Labute approximate surface area is 215 Å². The number of morpholine rings is 1. The van der Waals surface area contributed by atoms with Gasteiger partial charge in [0.05, 0.1) is 42.0 Å². The standard InChI is InChI=1S/C24H24BrClN4O5/c1-3-34-21-11-16(10-19(26)23(21)35-14-22(31)29-6-8-33-9-7-29)13-27-30-15(2)28-20-5-4-17(25)12-18(20)24(30)32/h4-5,10-13H,3,6-9,14H2,1-2H3. The first-order chi connectivity index (χ1) is 16.9. The summed E-state index contributed by atoms with van der Waals surface area (Å²) in [6.45, 7) is 5.83. The van der Waals surface area contributed by atoms with E-state index < -0.39 is 0 Å². The Kier molecular flexibility index (Phi) is 8.04. The number of amides is 1. The molecule has 1 fully saturated rings. The molecule has 35 heavy (non-hydrogen) atoms. The monoisotopic (exact) mass is 562 g/mol. The molecule has 1 saturated heterocycles. The number of nitrogens with zero attached hydrogens (tertiary/aromatic N) is 4. The van der Waals surface area contributed by atoms with Crippen LogP contribution in [-0.4, -0.2) is 66.2 Å². The van der Waals surface area contributed by atoms with Crippen LogP contribution in [0.25, 0.3) is 10.9 Å². The number of rotatable bonds is 7. The van der Waals surface area contributed by atoms with Crippen LogP contribution in [0.4, 0.5) is 0 Å². The van der Waals surface area contributed by atoms with Gasteiger partial charge >= 0.3 is 0 Å². The summed E-state index contributed by atoms with van der Waals surface area (Å²) >= 11 is 9.86. The van der Waals surface area contributed by atoms with Crippen LogP contribution >= 0.6 is 27.5 Å². The van der Waals surface area contributed by atoms with Gasteiger partial charge in [0.15, 0.2) is 18.1 Å². The summed E-state index contributed by atoms with van der Waals surface area (Å²) in [6.07, 6.45) is 1.50. The van der Waals surface area contributed by atoms with E-state index in [-0.39, 0.29) is 28.8 Å². The van der Waals surface area contributed by atoms with E-state index in [1.165, 1.54) is 10.9 Å². The molecule has 0 radical (unpaired) electrons. The number of benzene rings is 2. The number of aromatic nitrogens is 2. The van der Waals surface area contributed by atoms with Gasteiger partial charge in [-0.15, -0.1) is 0 Å². The molecular weight excluding hydrogens is 540 g/mol. The maximum atomic E-state index is 13.0. The first-order valence-electron chi connectivity index (χ1n) is 11.0. The lowest BCUT2D eigenvalue weighted by Gasteiger charge is -2.27. The number of halogens is 2. The number of hydrogen-bond donors (Lipinski definition) is 0. The minimum Gasteiger partial charge on any atom is -0.490 e. The fourth-order valence-corrected chi connectivity index (χ4v) is 4.26. The summed E-state index contributed by atoms with van der Waals surface area (Å²) in [5.74, 6) is 0.945. The van der Waals surface area contributed by atoms with Crippen LogP contribution in [0.5, 0.6) is 11.5 Å². The summed E-state index contributed by atoms with van der Waals surface area (Å²) in [7, 11) is 0. The minimum absolute atomic E-state index is 0.150. The maximum absolute atomic E-state index is 13.0. The SMILES string of the molecule is CCOc1cc(C=Nn2c(C)nc3ccc(Br)cc3c2=O)cc(Cl)c1OCC(=O)N1CCOCC1. The van der Waals surface area contributed by atoms with E-state index in [1.54, 1.807) is 36.1 Å². The van der Waals surface area contributed by atoms with Gasteiger partial charge in [-0.3, -0.25) is 9.59 Å². The normalized spacial score (nSPS) is 14.0. The van der Waals surface area contributed by atoms with Gasteiger partial charge in [0, 0.05) is 17.6 Å². The zero-order valence-electron chi connectivity index (χ0n) is 19.3. The first kappa shape index (κ1) is 25.2. The van der Waals surface area contributed by atoms with Crippen LogP contribution in [0.15, 0.2) is 44.7 Å². The Morgan fingerprint density at radius 2 is 2.03 bits per heavy atom. The van der Waals surface area contributed by atoms with Gasteiger partial charge in [0.2, 0.25) is 0 Å². The molecule has 1 amide bonds. The second-order valence-corrected chi connectivity index (χ2v) is 9.05. The highest BCUT2D eigenvalue weighted by Gasteiger charge is 2.19. The van der Waals surface area contributed by atoms with Crippen molar-refractivity contribution in [3.05, 3.63) is 61.6 Å². The molecule has 1 aromatic heterocycles. The molecule has 0 atom stereocenters. The van der Waals surface area contributed by atoms with Crippen molar-refractivity contribution < 1.29 is 19.0 Å². The second kappa shape index (κ2) is 11.2. The molecule has 9 nitrogen and oxygen atoms in total. The van der Waals surface area contributed by atoms with Gasteiger partial charge in [-0.2, -0.15) is 9.78 Å². The zero-order chi connectivity index (χ0) is 24.9. The van der Waals surface area contributed by atoms with Gasteiger partial charge in [-0.1, -0.05) is 27.5 Å². The lowest BCUT2D eigenvalue weighted by Crippen LogP contribution is -2.43. The van der Waals surface area contributed by atoms with Crippen molar-refractivity contribution in [2.45, 2.75) is 13.8 Å². The molecule has 3 aromatic rings. The fourth-order valence-electron chi connectivity index (χ4n) is 3.62. The average molecular weight is 564 g/mol. The molecule has 0 unspecified atom stereocenters. The lowest BCUT2D eigenvalue weighted by molar-refractivity contribution is -0.137. The molecule has 0 saturated carbocycles. The van der Waals surface area contributed by atoms with Crippen molar-refractivity contribution in [1.82, 2.24) is 14.6 Å². The van der Waals surface area contributed by atoms with Crippen molar-refractivity contribution in [1.29, 1.82) is 0 Å². The van der Waals surface area contributed by atoms with E-state index in [0.29, 0.717) is 61.0 Å². The van der Waals surface area contributed by atoms with Gasteiger partial charge in [-0.25, -0.2) is 4.98 Å². The molecule has 0 aliphatic carbocycles. The van der Waals surface area contributed by atoms with E-state index in [0.717, 1.165) is 4.47 Å². The molecule has 0 bridgehead atoms. The summed E-state index contributed by atoms with van der Waals surface area (Å²) < 4.78 is 18.7. The minimum atomic E-state index is -0.289. The predicted octanol–water partition coefficient (Wildman–Crippen LogP) is 3.64. The Morgan fingerprint density at radius 1 is 1.26 bits per heavy atom. The Morgan fingerprint density at radius 3 is 2.77 bits per heavy atom. The molecule has 4 rings (SSSR count). The largest absolute Gasteiger partial charge is 0.490 e. The summed E-state index contributed by atoms with van der Waals surface area (Å²) in [5, 5.41) is 5.05. The number of carbonyl (C=O) groups excluding carboxylic acids is 1. The Bertz CT molecular complexity index is 1340.